The zero-order chi connectivity index (χ0) is 14.5. The Morgan fingerprint density at radius 3 is 2.55 bits per heavy atom. The molecule has 0 spiro atoms. The number of piperidine rings is 1. The molecular weight excluding hydrogens is 246 g/mol. The van der Waals surface area contributed by atoms with Crippen LogP contribution in [0.1, 0.15) is 44.2 Å². The van der Waals surface area contributed by atoms with Gasteiger partial charge in [0.25, 0.3) is 0 Å². The zero-order valence-electron chi connectivity index (χ0n) is 13.2. The van der Waals surface area contributed by atoms with Crippen LogP contribution in [0.4, 0.5) is 5.69 Å². The molecule has 1 heterocycles. The molecule has 0 bridgehead atoms. The zero-order valence-corrected chi connectivity index (χ0v) is 13.2. The maximum atomic E-state index is 5.78. The van der Waals surface area contributed by atoms with Gasteiger partial charge in [-0.3, -0.25) is 4.90 Å². The molecule has 1 fully saturated rings. The minimum atomic E-state index is 0.489. The van der Waals surface area contributed by atoms with Crippen molar-refractivity contribution in [2.45, 2.75) is 44.7 Å². The standard InChI is InChI=1S/C17H29N3/c1-14(15-7-9-16(10-8-15)19(2)3)20-13-5-4-6-17(20)11-12-18/h7-10,14,17H,4-6,11-13,18H2,1-3H3. The topological polar surface area (TPSA) is 32.5 Å². The van der Waals surface area contributed by atoms with Crippen molar-refractivity contribution in [1.82, 2.24) is 4.90 Å². The van der Waals surface area contributed by atoms with E-state index < -0.39 is 0 Å². The first-order chi connectivity index (χ1) is 9.63. The summed E-state index contributed by atoms with van der Waals surface area (Å²) in [5.41, 5.74) is 8.46. The lowest BCUT2D eigenvalue weighted by Gasteiger charge is -2.40. The predicted octanol–water partition coefficient (Wildman–Crippen LogP) is 3.02. The van der Waals surface area contributed by atoms with Crippen molar-refractivity contribution < 1.29 is 0 Å². The molecule has 112 valence electrons. The molecule has 3 nitrogen and oxygen atoms in total. The van der Waals surface area contributed by atoms with E-state index in [9.17, 15) is 0 Å². The smallest absolute Gasteiger partial charge is 0.0361 e. The van der Waals surface area contributed by atoms with E-state index in [0.717, 1.165) is 13.0 Å². The second-order valence-electron chi connectivity index (χ2n) is 6.13. The first kappa shape index (κ1) is 15.3. The number of rotatable bonds is 5. The molecule has 2 rings (SSSR count). The summed E-state index contributed by atoms with van der Waals surface area (Å²) in [4.78, 5) is 4.80. The molecule has 2 unspecified atom stereocenters. The van der Waals surface area contributed by atoms with Crippen molar-refractivity contribution in [2.75, 3.05) is 32.1 Å². The molecule has 0 aromatic heterocycles. The Bertz CT molecular complexity index is 397. The Balaban J connectivity index is 2.09. The fourth-order valence-corrected chi connectivity index (χ4v) is 3.28. The van der Waals surface area contributed by atoms with Crippen LogP contribution in [0.5, 0.6) is 0 Å². The summed E-state index contributed by atoms with van der Waals surface area (Å²) >= 11 is 0. The Kier molecular flexibility index (Phi) is 5.44. The third kappa shape index (κ3) is 3.53. The summed E-state index contributed by atoms with van der Waals surface area (Å²) in [6, 6.07) is 10.1. The van der Waals surface area contributed by atoms with Gasteiger partial charge in [-0.05, 0) is 57.0 Å². The van der Waals surface area contributed by atoms with Gasteiger partial charge in [0.2, 0.25) is 0 Å². The number of likely N-dealkylation sites (tertiary alicyclic amines) is 1. The van der Waals surface area contributed by atoms with Crippen LogP contribution in [-0.4, -0.2) is 38.1 Å². The lowest BCUT2D eigenvalue weighted by Crippen LogP contribution is -2.42. The van der Waals surface area contributed by atoms with Gasteiger partial charge in [0.1, 0.15) is 0 Å². The van der Waals surface area contributed by atoms with Crippen LogP contribution in [0.2, 0.25) is 0 Å². The van der Waals surface area contributed by atoms with Gasteiger partial charge < -0.3 is 10.6 Å². The van der Waals surface area contributed by atoms with E-state index in [1.165, 1.54) is 37.1 Å². The Labute approximate surface area is 123 Å². The highest BCUT2D eigenvalue weighted by atomic mass is 15.2. The maximum Gasteiger partial charge on any atom is 0.0361 e. The monoisotopic (exact) mass is 275 g/mol. The van der Waals surface area contributed by atoms with Gasteiger partial charge in [-0.15, -0.1) is 0 Å². The quantitative estimate of drug-likeness (QED) is 0.896. The van der Waals surface area contributed by atoms with E-state index in [-0.39, 0.29) is 0 Å². The van der Waals surface area contributed by atoms with Crippen molar-refractivity contribution in [3.05, 3.63) is 29.8 Å². The normalized spacial score (nSPS) is 21.7. The van der Waals surface area contributed by atoms with Crippen molar-refractivity contribution >= 4 is 5.69 Å². The molecule has 0 radical (unpaired) electrons. The van der Waals surface area contributed by atoms with Gasteiger partial charge in [-0.1, -0.05) is 18.6 Å². The van der Waals surface area contributed by atoms with Crippen molar-refractivity contribution in [1.29, 1.82) is 0 Å². The lowest BCUT2D eigenvalue weighted by molar-refractivity contribution is 0.0984. The van der Waals surface area contributed by atoms with E-state index in [2.05, 4.69) is 55.1 Å². The van der Waals surface area contributed by atoms with Crippen LogP contribution in [0.25, 0.3) is 0 Å². The van der Waals surface area contributed by atoms with Crippen molar-refractivity contribution in [3.63, 3.8) is 0 Å². The van der Waals surface area contributed by atoms with Crippen LogP contribution in [-0.2, 0) is 0 Å². The van der Waals surface area contributed by atoms with Crippen molar-refractivity contribution in [3.8, 4) is 0 Å². The summed E-state index contributed by atoms with van der Waals surface area (Å²) < 4.78 is 0. The molecule has 0 aliphatic carbocycles. The Morgan fingerprint density at radius 1 is 1.25 bits per heavy atom. The van der Waals surface area contributed by atoms with Gasteiger partial charge >= 0.3 is 0 Å². The maximum absolute atomic E-state index is 5.78. The fraction of sp³-hybridized carbons (Fsp3) is 0.647. The summed E-state index contributed by atoms with van der Waals surface area (Å²) in [6.45, 7) is 4.34. The van der Waals surface area contributed by atoms with E-state index in [1.54, 1.807) is 0 Å². The number of anilines is 1. The number of nitrogens with two attached hydrogens (primary N) is 1. The Morgan fingerprint density at radius 2 is 1.95 bits per heavy atom. The molecule has 1 aromatic rings. The van der Waals surface area contributed by atoms with Gasteiger partial charge in [-0.25, -0.2) is 0 Å². The number of nitrogens with zero attached hydrogens (tertiary/aromatic N) is 2. The van der Waals surface area contributed by atoms with Crippen LogP contribution >= 0.6 is 0 Å². The van der Waals surface area contributed by atoms with Crippen LogP contribution < -0.4 is 10.6 Å². The minimum Gasteiger partial charge on any atom is -0.378 e. The molecule has 0 amide bonds. The van der Waals surface area contributed by atoms with E-state index in [1.807, 2.05) is 0 Å². The highest BCUT2D eigenvalue weighted by molar-refractivity contribution is 5.46. The number of hydrogen-bond acceptors (Lipinski definition) is 3. The van der Waals surface area contributed by atoms with Gasteiger partial charge in [0.15, 0.2) is 0 Å². The molecule has 1 aliphatic rings. The second-order valence-corrected chi connectivity index (χ2v) is 6.13. The molecule has 20 heavy (non-hydrogen) atoms. The first-order valence-electron chi connectivity index (χ1n) is 7.86. The lowest BCUT2D eigenvalue weighted by atomic mass is 9.95. The summed E-state index contributed by atoms with van der Waals surface area (Å²) in [7, 11) is 4.17. The summed E-state index contributed by atoms with van der Waals surface area (Å²) in [5, 5.41) is 0. The molecule has 0 saturated carbocycles. The van der Waals surface area contributed by atoms with Gasteiger partial charge in [0, 0.05) is 31.9 Å². The highest BCUT2D eigenvalue weighted by Gasteiger charge is 2.26. The number of hydrogen-bond donors (Lipinski definition) is 1. The van der Waals surface area contributed by atoms with Crippen LogP contribution in [0.15, 0.2) is 24.3 Å². The van der Waals surface area contributed by atoms with Crippen molar-refractivity contribution in [2.24, 2.45) is 5.73 Å². The second kappa shape index (κ2) is 7.09. The Hall–Kier alpha value is -1.06. The van der Waals surface area contributed by atoms with Gasteiger partial charge in [-0.2, -0.15) is 0 Å². The summed E-state index contributed by atoms with van der Waals surface area (Å²) in [6.07, 6.45) is 5.10. The average molecular weight is 275 g/mol. The van der Waals surface area contributed by atoms with E-state index in [0.29, 0.717) is 12.1 Å². The third-order valence-corrected chi connectivity index (χ3v) is 4.56. The summed E-state index contributed by atoms with van der Waals surface area (Å²) in [5.74, 6) is 0. The molecule has 1 aliphatic heterocycles. The highest BCUT2D eigenvalue weighted by Crippen LogP contribution is 2.30. The predicted molar refractivity (Wildman–Crippen MR) is 87.2 cm³/mol. The van der Waals surface area contributed by atoms with E-state index in [4.69, 9.17) is 5.73 Å². The molecule has 2 atom stereocenters. The van der Waals surface area contributed by atoms with Gasteiger partial charge in [0.05, 0.1) is 0 Å². The number of benzene rings is 1. The molecule has 3 heteroatoms. The SMILES string of the molecule is CC(c1ccc(N(C)C)cc1)N1CCCCC1CCN. The first-order valence-corrected chi connectivity index (χ1v) is 7.86. The van der Waals surface area contributed by atoms with Crippen LogP contribution in [0.3, 0.4) is 0 Å². The fourth-order valence-electron chi connectivity index (χ4n) is 3.28. The van der Waals surface area contributed by atoms with Crippen LogP contribution in [0, 0.1) is 0 Å². The molecule has 2 N–H and O–H groups in total. The minimum absolute atomic E-state index is 0.489. The molecular formula is C17H29N3. The molecule has 1 saturated heterocycles. The largest absolute Gasteiger partial charge is 0.378 e. The molecule has 1 aromatic carbocycles. The van der Waals surface area contributed by atoms with E-state index >= 15 is 0 Å². The average Bonchev–Trinajstić information content (AvgIpc) is 2.47. The third-order valence-electron chi connectivity index (χ3n) is 4.56.